The summed E-state index contributed by atoms with van der Waals surface area (Å²) < 4.78 is 10.4. The molecule has 1 aliphatic rings. The van der Waals surface area contributed by atoms with Crippen LogP contribution in [0.25, 0.3) is 0 Å². The molecule has 0 radical (unpaired) electrons. The summed E-state index contributed by atoms with van der Waals surface area (Å²) >= 11 is 0. The molecular weight excluding hydrogens is 262 g/mol. The summed E-state index contributed by atoms with van der Waals surface area (Å²) in [6, 6.07) is 9.55. The lowest BCUT2D eigenvalue weighted by Gasteiger charge is -2.30. The van der Waals surface area contributed by atoms with E-state index in [0.29, 0.717) is 13.2 Å². The number of benzene rings is 1. The van der Waals surface area contributed by atoms with Crippen molar-refractivity contribution in [2.45, 2.75) is 12.7 Å². The van der Waals surface area contributed by atoms with E-state index in [1.54, 1.807) is 0 Å². The highest BCUT2D eigenvalue weighted by Crippen LogP contribution is 2.07. The van der Waals surface area contributed by atoms with Crippen molar-refractivity contribution >= 4 is 11.9 Å². The van der Waals surface area contributed by atoms with Gasteiger partial charge < -0.3 is 19.5 Å². The van der Waals surface area contributed by atoms with Gasteiger partial charge in [0, 0.05) is 6.54 Å². The first-order valence-electron chi connectivity index (χ1n) is 6.40. The molecular formula is C14H17NO5. The van der Waals surface area contributed by atoms with E-state index in [1.165, 1.54) is 4.90 Å². The molecule has 1 aliphatic heterocycles. The van der Waals surface area contributed by atoms with Crippen LogP contribution in [0.4, 0.5) is 0 Å². The van der Waals surface area contributed by atoms with Gasteiger partial charge in [0.1, 0.15) is 6.61 Å². The van der Waals surface area contributed by atoms with Crippen molar-refractivity contribution < 1.29 is 24.2 Å². The Labute approximate surface area is 116 Å². The van der Waals surface area contributed by atoms with Crippen molar-refractivity contribution in [3.8, 4) is 0 Å². The SMILES string of the molecule is O=C(O)[C@H]1CN(C(=O)COCc2ccccc2)CCO1. The number of carboxylic acid groups (broad SMARTS) is 1. The molecule has 1 aromatic rings. The maximum Gasteiger partial charge on any atom is 0.334 e. The maximum absolute atomic E-state index is 11.9. The zero-order chi connectivity index (χ0) is 14.4. The van der Waals surface area contributed by atoms with Crippen LogP contribution >= 0.6 is 0 Å². The molecule has 0 aliphatic carbocycles. The lowest BCUT2D eigenvalue weighted by Crippen LogP contribution is -2.49. The predicted molar refractivity (Wildman–Crippen MR) is 70.1 cm³/mol. The largest absolute Gasteiger partial charge is 0.479 e. The first-order valence-corrected chi connectivity index (χ1v) is 6.40. The molecule has 0 spiro atoms. The normalized spacial score (nSPS) is 18.8. The van der Waals surface area contributed by atoms with E-state index in [9.17, 15) is 9.59 Å². The molecule has 1 saturated heterocycles. The summed E-state index contributed by atoms with van der Waals surface area (Å²) in [4.78, 5) is 24.2. The van der Waals surface area contributed by atoms with Crippen molar-refractivity contribution in [3.63, 3.8) is 0 Å². The summed E-state index contributed by atoms with van der Waals surface area (Å²) in [7, 11) is 0. The summed E-state index contributed by atoms with van der Waals surface area (Å²) in [5.74, 6) is -1.26. The lowest BCUT2D eigenvalue weighted by molar-refractivity contribution is -0.160. The van der Waals surface area contributed by atoms with Gasteiger partial charge in [-0.3, -0.25) is 4.79 Å². The Morgan fingerprint density at radius 1 is 1.35 bits per heavy atom. The van der Waals surface area contributed by atoms with Crippen LogP contribution in [-0.2, 0) is 25.7 Å². The van der Waals surface area contributed by atoms with Crippen LogP contribution in [0.5, 0.6) is 0 Å². The maximum atomic E-state index is 11.9. The molecule has 1 fully saturated rings. The van der Waals surface area contributed by atoms with Crippen LogP contribution in [0.2, 0.25) is 0 Å². The number of nitrogens with zero attached hydrogens (tertiary/aromatic N) is 1. The molecule has 0 aromatic heterocycles. The monoisotopic (exact) mass is 279 g/mol. The summed E-state index contributed by atoms with van der Waals surface area (Å²) in [6.07, 6.45) is -0.943. The zero-order valence-electron chi connectivity index (χ0n) is 11.0. The number of hydrogen-bond donors (Lipinski definition) is 1. The molecule has 0 unspecified atom stereocenters. The Morgan fingerprint density at radius 2 is 2.10 bits per heavy atom. The van der Waals surface area contributed by atoms with Crippen LogP contribution in [0.3, 0.4) is 0 Å². The molecule has 1 N–H and O–H groups in total. The molecule has 1 amide bonds. The first kappa shape index (κ1) is 14.5. The quantitative estimate of drug-likeness (QED) is 0.850. The van der Waals surface area contributed by atoms with Crippen molar-refractivity contribution in [3.05, 3.63) is 35.9 Å². The van der Waals surface area contributed by atoms with Crippen molar-refractivity contribution in [1.29, 1.82) is 0 Å². The van der Waals surface area contributed by atoms with Gasteiger partial charge in [-0.15, -0.1) is 0 Å². The topological polar surface area (TPSA) is 76.1 Å². The van der Waals surface area contributed by atoms with E-state index in [2.05, 4.69) is 0 Å². The highest BCUT2D eigenvalue weighted by atomic mass is 16.5. The third-order valence-electron chi connectivity index (χ3n) is 3.03. The van der Waals surface area contributed by atoms with E-state index in [1.807, 2.05) is 30.3 Å². The van der Waals surface area contributed by atoms with Gasteiger partial charge >= 0.3 is 5.97 Å². The van der Waals surface area contributed by atoms with Crippen molar-refractivity contribution in [2.24, 2.45) is 0 Å². The van der Waals surface area contributed by atoms with Crippen LogP contribution in [-0.4, -0.2) is 54.3 Å². The van der Waals surface area contributed by atoms with Gasteiger partial charge in [0.2, 0.25) is 5.91 Å². The van der Waals surface area contributed by atoms with Gasteiger partial charge in [-0.05, 0) is 5.56 Å². The number of carbonyl (C=O) groups is 2. The molecule has 6 nitrogen and oxygen atoms in total. The molecule has 0 bridgehead atoms. The minimum Gasteiger partial charge on any atom is -0.479 e. The van der Waals surface area contributed by atoms with Crippen molar-refractivity contribution in [1.82, 2.24) is 4.90 Å². The summed E-state index contributed by atoms with van der Waals surface area (Å²) in [5.41, 5.74) is 0.991. The predicted octanol–water partition coefficient (Wildman–Crippen LogP) is 0.515. The standard InChI is InChI=1S/C14H17NO5/c16-13(10-19-9-11-4-2-1-3-5-11)15-6-7-20-12(8-15)14(17)18/h1-5,12H,6-10H2,(H,17,18)/t12-/m1/s1. The number of rotatable bonds is 5. The van der Waals surface area contributed by atoms with E-state index in [4.69, 9.17) is 14.6 Å². The van der Waals surface area contributed by atoms with Gasteiger partial charge in [-0.25, -0.2) is 4.79 Å². The third-order valence-corrected chi connectivity index (χ3v) is 3.03. The van der Waals surface area contributed by atoms with Gasteiger partial charge in [-0.1, -0.05) is 30.3 Å². The second kappa shape index (κ2) is 7.02. The van der Waals surface area contributed by atoms with Crippen LogP contribution in [0, 0.1) is 0 Å². The smallest absolute Gasteiger partial charge is 0.334 e. The Kier molecular flexibility index (Phi) is 5.09. The molecule has 0 saturated carbocycles. The Hall–Kier alpha value is -1.92. The van der Waals surface area contributed by atoms with Crippen molar-refractivity contribution in [2.75, 3.05) is 26.3 Å². The van der Waals surface area contributed by atoms with Gasteiger partial charge in [0.25, 0.3) is 0 Å². The van der Waals surface area contributed by atoms with E-state index in [0.717, 1.165) is 5.56 Å². The second-order valence-electron chi connectivity index (χ2n) is 4.52. The Morgan fingerprint density at radius 3 is 2.80 bits per heavy atom. The van der Waals surface area contributed by atoms with Crippen LogP contribution < -0.4 is 0 Å². The highest BCUT2D eigenvalue weighted by Gasteiger charge is 2.28. The molecule has 1 heterocycles. The second-order valence-corrected chi connectivity index (χ2v) is 4.52. The molecule has 108 valence electrons. The van der Waals surface area contributed by atoms with Gasteiger partial charge in [0.05, 0.1) is 19.8 Å². The number of amides is 1. The molecule has 1 atom stereocenters. The Balaban J connectivity index is 1.75. The summed E-state index contributed by atoms with van der Waals surface area (Å²) in [5, 5.41) is 8.87. The average molecular weight is 279 g/mol. The minimum absolute atomic E-state index is 0.0543. The average Bonchev–Trinajstić information content (AvgIpc) is 2.48. The van der Waals surface area contributed by atoms with E-state index < -0.39 is 12.1 Å². The van der Waals surface area contributed by atoms with Gasteiger partial charge in [-0.2, -0.15) is 0 Å². The number of ether oxygens (including phenoxy) is 2. The highest BCUT2D eigenvalue weighted by molar-refractivity contribution is 5.79. The fraction of sp³-hybridized carbons (Fsp3) is 0.429. The number of aliphatic carboxylic acids is 1. The van der Waals surface area contributed by atoms with Crippen LogP contribution in [0.1, 0.15) is 5.56 Å². The summed E-state index contributed by atoms with van der Waals surface area (Å²) in [6.45, 7) is 1.02. The van der Waals surface area contributed by atoms with Crippen LogP contribution in [0.15, 0.2) is 30.3 Å². The number of morpholine rings is 1. The fourth-order valence-electron chi connectivity index (χ4n) is 1.95. The molecule has 1 aromatic carbocycles. The third kappa shape index (κ3) is 4.04. The molecule has 2 rings (SSSR count). The number of carbonyl (C=O) groups excluding carboxylic acids is 1. The minimum atomic E-state index is -1.05. The number of carboxylic acids is 1. The lowest BCUT2D eigenvalue weighted by atomic mass is 10.2. The fourth-order valence-corrected chi connectivity index (χ4v) is 1.95. The van der Waals surface area contributed by atoms with E-state index >= 15 is 0 Å². The molecule has 6 heteroatoms. The first-order chi connectivity index (χ1) is 9.66. The number of hydrogen-bond acceptors (Lipinski definition) is 4. The molecule has 20 heavy (non-hydrogen) atoms. The Bertz CT molecular complexity index is 462. The zero-order valence-corrected chi connectivity index (χ0v) is 11.0. The van der Waals surface area contributed by atoms with E-state index in [-0.39, 0.29) is 25.7 Å². The van der Waals surface area contributed by atoms with Gasteiger partial charge in [0.15, 0.2) is 6.10 Å².